The quantitative estimate of drug-likeness (QED) is 0.919. The topological polar surface area (TPSA) is 76.9 Å². The van der Waals surface area contributed by atoms with Gasteiger partial charge in [-0.2, -0.15) is 10.4 Å². The molecule has 2 rings (SSSR count). The molecule has 0 fully saturated rings. The first kappa shape index (κ1) is 12.9. The van der Waals surface area contributed by atoms with Gasteiger partial charge in [-0.25, -0.2) is 9.07 Å². The average molecular weight is 260 g/mol. The molecule has 0 radical (unpaired) electrons. The van der Waals surface area contributed by atoms with Crippen molar-refractivity contribution in [1.29, 1.82) is 5.26 Å². The zero-order valence-corrected chi connectivity index (χ0v) is 10.6. The number of nitrogens with two attached hydrogens (primary N) is 1. The minimum atomic E-state index is -0.613. The van der Waals surface area contributed by atoms with E-state index in [0.717, 1.165) is 6.07 Å². The number of anilines is 1. The van der Waals surface area contributed by atoms with Gasteiger partial charge in [-0.15, -0.1) is 0 Å². The van der Waals surface area contributed by atoms with Crippen LogP contribution in [0.5, 0.6) is 11.6 Å². The van der Waals surface area contributed by atoms with Crippen molar-refractivity contribution >= 4 is 5.69 Å². The van der Waals surface area contributed by atoms with Crippen molar-refractivity contribution in [1.82, 2.24) is 9.78 Å². The number of aromatic nitrogens is 2. The van der Waals surface area contributed by atoms with Crippen molar-refractivity contribution in [2.45, 2.75) is 13.3 Å². The van der Waals surface area contributed by atoms with Gasteiger partial charge in [-0.3, -0.25) is 0 Å². The zero-order chi connectivity index (χ0) is 14.0. The lowest BCUT2D eigenvalue weighted by atomic mass is 10.2. The summed E-state index contributed by atoms with van der Waals surface area (Å²) in [5, 5.41) is 12.9. The van der Waals surface area contributed by atoms with Gasteiger partial charge in [0, 0.05) is 7.05 Å². The molecule has 5 nitrogen and oxygen atoms in total. The van der Waals surface area contributed by atoms with E-state index >= 15 is 0 Å². The van der Waals surface area contributed by atoms with E-state index in [-0.39, 0.29) is 11.3 Å². The van der Waals surface area contributed by atoms with Crippen LogP contribution in [0.4, 0.5) is 10.1 Å². The Morgan fingerprint density at radius 3 is 2.79 bits per heavy atom. The molecule has 2 aromatic rings. The van der Waals surface area contributed by atoms with E-state index in [4.69, 9.17) is 15.7 Å². The number of nitriles is 1. The third-order valence-corrected chi connectivity index (χ3v) is 2.71. The summed E-state index contributed by atoms with van der Waals surface area (Å²) in [4.78, 5) is 0. The molecular weight excluding hydrogens is 247 g/mol. The lowest BCUT2D eigenvalue weighted by Gasteiger charge is -2.07. The molecule has 1 heterocycles. The van der Waals surface area contributed by atoms with Crippen molar-refractivity contribution < 1.29 is 9.13 Å². The first-order chi connectivity index (χ1) is 9.06. The Kier molecular flexibility index (Phi) is 3.38. The Labute approximate surface area is 110 Å². The Hall–Kier alpha value is -2.55. The molecule has 19 heavy (non-hydrogen) atoms. The third kappa shape index (κ3) is 2.36. The maximum Gasteiger partial charge on any atom is 0.241 e. The number of benzene rings is 1. The molecule has 2 N–H and O–H groups in total. The molecular formula is C13H13FN4O. The number of halogens is 1. The van der Waals surface area contributed by atoms with Crippen LogP contribution in [0.2, 0.25) is 0 Å². The highest BCUT2D eigenvalue weighted by Crippen LogP contribution is 2.31. The van der Waals surface area contributed by atoms with Crippen LogP contribution in [0.15, 0.2) is 18.2 Å². The van der Waals surface area contributed by atoms with Gasteiger partial charge in [0.25, 0.3) is 0 Å². The van der Waals surface area contributed by atoms with Gasteiger partial charge in [0.1, 0.15) is 5.69 Å². The first-order valence-corrected chi connectivity index (χ1v) is 5.75. The van der Waals surface area contributed by atoms with E-state index in [0.29, 0.717) is 23.7 Å². The second kappa shape index (κ2) is 4.98. The van der Waals surface area contributed by atoms with Crippen LogP contribution < -0.4 is 10.5 Å². The molecule has 6 heteroatoms. The Morgan fingerprint density at radius 1 is 1.53 bits per heavy atom. The molecule has 98 valence electrons. The van der Waals surface area contributed by atoms with Crippen LogP contribution in [0.1, 0.15) is 18.2 Å². The third-order valence-electron chi connectivity index (χ3n) is 2.71. The van der Waals surface area contributed by atoms with Gasteiger partial charge in [0.15, 0.2) is 11.6 Å². The molecule has 0 amide bonds. The minimum absolute atomic E-state index is 0.0105. The van der Waals surface area contributed by atoms with Crippen LogP contribution in [-0.4, -0.2) is 9.78 Å². The summed E-state index contributed by atoms with van der Waals surface area (Å²) >= 11 is 0. The Morgan fingerprint density at radius 2 is 2.26 bits per heavy atom. The van der Waals surface area contributed by atoms with Gasteiger partial charge < -0.3 is 10.5 Å². The van der Waals surface area contributed by atoms with E-state index in [1.807, 2.05) is 13.0 Å². The summed E-state index contributed by atoms with van der Waals surface area (Å²) in [6, 6.07) is 5.84. The number of ether oxygens (including phenoxy) is 1. The molecule has 0 saturated heterocycles. The van der Waals surface area contributed by atoms with Crippen molar-refractivity contribution in [2.75, 3.05) is 5.73 Å². The summed E-state index contributed by atoms with van der Waals surface area (Å²) < 4.78 is 20.6. The molecule has 0 aliphatic carbocycles. The lowest BCUT2D eigenvalue weighted by Crippen LogP contribution is -1.98. The lowest BCUT2D eigenvalue weighted by molar-refractivity contribution is 0.405. The highest BCUT2D eigenvalue weighted by atomic mass is 19.1. The second-order valence-corrected chi connectivity index (χ2v) is 4.00. The second-order valence-electron chi connectivity index (χ2n) is 4.00. The summed E-state index contributed by atoms with van der Waals surface area (Å²) in [5.74, 6) is -0.311. The van der Waals surface area contributed by atoms with E-state index in [9.17, 15) is 4.39 Å². The van der Waals surface area contributed by atoms with Gasteiger partial charge in [-0.1, -0.05) is 6.92 Å². The van der Waals surface area contributed by atoms with Crippen LogP contribution in [0, 0.1) is 17.1 Å². The zero-order valence-electron chi connectivity index (χ0n) is 10.6. The Bertz CT molecular complexity index is 657. The van der Waals surface area contributed by atoms with Gasteiger partial charge in [0.2, 0.25) is 5.88 Å². The fraction of sp³-hybridized carbons (Fsp3) is 0.231. The molecule has 0 bridgehead atoms. The molecule has 0 aliphatic heterocycles. The number of nitrogens with zero attached hydrogens (tertiary/aromatic N) is 3. The number of aryl methyl sites for hydroxylation is 2. The van der Waals surface area contributed by atoms with Crippen LogP contribution in [0.3, 0.4) is 0 Å². The summed E-state index contributed by atoms with van der Waals surface area (Å²) in [5.41, 5.74) is 7.22. The molecule has 0 atom stereocenters. The summed E-state index contributed by atoms with van der Waals surface area (Å²) in [6.07, 6.45) is 0.666. The predicted molar refractivity (Wildman–Crippen MR) is 68.2 cm³/mol. The number of hydrogen-bond donors (Lipinski definition) is 1. The maximum absolute atomic E-state index is 13.7. The maximum atomic E-state index is 13.7. The van der Waals surface area contributed by atoms with Crippen molar-refractivity contribution in [3.63, 3.8) is 0 Å². The van der Waals surface area contributed by atoms with E-state index in [1.54, 1.807) is 7.05 Å². The smallest absolute Gasteiger partial charge is 0.241 e. The fourth-order valence-electron chi connectivity index (χ4n) is 1.72. The van der Waals surface area contributed by atoms with Crippen LogP contribution in [0.25, 0.3) is 0 Å². The molecule has 1 aromatic carbocycles. The van der Waals surface area contributed by atoms with Crippen molar-refractivity contribution in [3.8, 4) is 17.7 Å². The summed E-state index contributed by atoms with van der Waals surface area (Å²) in [6.45, 7) is 1.92. The number of hydrogen-bond acceptors (Lipinski definition) is 4. The fourth-order valence-corrected chi connectivity index (χ4v) is 1.72. The minimum Gasteiger partial charge on any atom is -0.434 e. The Balaban J connectivity index is 2.37. The van der Waals surface area contributed by atoms with Crippen molar-refractivity contribution in [3.05, 3.63) is 35.3 Å². The SMILES string of the molecule is CCc1nn(C)c(Oc2ccc(C#N)cc2F)c1N. The van der Waals surface area contributed by atoms with Gasteiger partial charge in [-0.05, 0) is 24.6 Å². The van der Waals surface area contributed by atoms with Gasteiger partial charge in [0.05, 0.1) is 17.3 Å². The standard InChI is InChI=1S/C13H13FN4O/c1-3-10-12(16)13(18(2)17-10)19-11-5-4-8(7-15)6-9(11)14/h4-6H,3,16H2,1-2H3. The van der Waals surface area contributed by atoms with E-state index in [2.05, 4.69) is 5.10 Å². The highest BCUT2D eigenvalue weighted by molar-refractivity contribution is 5.54. The molecule has 0 saturated carbocycles. The van der Waals surface area contributed by atoms with E-state index < -0.39 is 5.82 Å². The first-order valence-electron chi connectivity index (χ1n) is 5.75. The highest BCUT2D eigenvalue weighted by Gasteiger charge is 2.16. The van der Waals surface area contributed by atoms with E-state index in [1.165, 1.54) is 16.8 Å². The number of nitrogen functional groups attached to an aromatic ring is 1. The molecule has 1 aromatic heterocycles. The molecule has 0 unspecified atom stereocenters. The van der Waals surface area contributed by atoms with Crippen molar-refractivity contribution in [2.24, 2.45) is 7.05 Å². The van der Waals surface area contributed by atoms with Crippen LogP contribution in [-0.2, 0) is 13.5 Å². The normalized spacial score (nSPS) is 10.2. The molecule has 0 spiro atoms. The largest absolute Gasteiger partial charge is 0.434 e. The number of rotatable bonds is 3. The average Bonchev–Trinajstić information content (AvgIpc) is 2.68. The summed E-state index contributed by atoms with van der Waals surface area (Å²) in [7, 11) is 1.67. The monoisotopic (exact) mass is 260 g/mol. The van der Waals surface area contributed by atoms with Crippen LogP contribution >= 0.6 is 0 Å². The predicted octanol–water partition coefficient (Wildman–Crippen LogP) is 2.37. The molecule has 0 aliphatic rings. The van der Waals surface area contributed by atoms with Gasteiger partial charge >= 0.3 is 0 Å².